The average Bonchev–Trinajstić information content (AvgIpc) is 3.44. The Morgan fingerprint density at radius 1 is 0.893 bits per heavy atom. The molecule has 2 amide bonds. The maximum Gasteiger partial charge on any atom is 0.291 e. The molecule has 0 saturated heterocycles. The molecule has 0 aliphatic rings. The van der Waals surface area contributed by atoms with Crippen molar-refractivity contribution in [3.63, 3.8) is 0 Å². The van der Waals surface area contributed by atoms with Gasteiger partial charge < -0.3 is 15.1 Å². The quantitative estimate of drug-likeness (QED) is 0.555. The minimum atomic E-state index is -0.346. The van der Waals surface area contributed by atoms with Crippen LogP contribution in [-0.4, -0.2) is 32.0 Å². The van der Waals surface area contributed by atoms with Gasteiger partial charge in [-0.05, 0) is 65.0 Å². The summed E-state index contributed by atoms with van der Waals surface area (Å²) < 4.78 is 6.51. The minimum Gasteiger partial charge on any atom is -0.459 e. The SMILES string of the molecule is O=C(Nc1ccc(NC(=O)c2ccco2)cc1)c1cccc(-n2cnnn2)c1. The van der Waals surface area contributed by atoms with E-state index in [-0.39, 0.29) is 17.6 Å². The van der Waals surface area contributed by atoms with E-state index in [2.05, 4.69) is 26.2 Å². The van der Waals surface area contributed by atoms with Gasteiger partial charge in [-0.3, -0.25) is 9.59 Å². The number of carbonyl (C=O) groups is 2. The molecule has 2 N–H and O–H groups in total. The zero-order chi connectivity index (χ0) is 19.3. The van der Waals surface area contributed by atoms with Crippen molar-refractivity contribution in [2.24, 2.45) is 0 Å². The van der Waals surface area contributed by atoms with Gasteiger partial charge in [-0.1, -0.05) is 6.07 Å². The first-order chi connectivity index (χ1) is 13.7. The monoisotopic (exact) mass is 374 g/mol. The summed E-state index contributed by atoms with van der Waals surface area (Å²) in [5, 5.41) is 16.5. The number of hydrogen-bond donors (Lipinski definition) is 2. The van der Waals surface area contributed by atoms with Gasteiger partial charge in [0.05, 0.1) is 12.0 Å². The molecule has 9 nitrogen and oxygen atoms in total. The Hall–Kier alpha value is -4.27. The van der Waals surface area contributed by atoms with Crippen molar-refractivity contribution in [2.45, 2.75) is 0 Å². The van der Waals surface area contributed by atoms with Gasteiger partial charge in [-0.2, -0.15) is 0 Å². The number of nitrogens with one attached hydrogen (secondary N) is 2. The second kappa shape index (κ2) is 7.54. The highest BCUT2D eigenvalue weighted by molar-refractivity contribution is 6.05. The van der Waals surface area contributed by atoms with Gasteiger partial charge in [0, 0.05) is 16.9 Å². The molecule has 4 aromatic rings. The van der Waals surface area contributed by atoms with Gasteiger partial charge in [0.15, 0.2) is 5.76 Å². The van der Waals surface area contributed by atoms with Crippen LogP contribution >= 0.6 is 0 Å². The molecule has 9 heteroatoms. The second-order valence-corrected chi connectivity index (χ2v) is 5.77. The fraction of sp³-hybridized carbons (Fsp3) is 0. The predicted octanol–water partition coefficient (Wildman–Crippen LogP) is 2.76. The van der Waals surface area contributed by atoms with Crippen LogP contribution in [0.4, 0.5) is 11.4 Å². The summed E-state index contributed by atoms with van der Waals surface area (Å²) in [5.41, 5.74) is 2.31. The van der Waals surface area contributed by atoms with Crippen LogP contribution in [0.25, 0.3) is 5.69 Å². The maximum atomic E-state index is 12.5. The number of tetrazole rings is 1. The lowest BCUT2D eigenvalue weighted by Gasteiger charge is -2.08. The summed E-state index contributed by atoms with van der Waals surface area (Å²) in [5.74, 6) is -0.400. The van der Waals surface area contributed by atoms with E-state index in [9.17, 15) is 9.59 Å². The predicted molar refractivity (Wildman–Crippen MR) is 100 cm³/mol. The molecule has 0 aliphatic carbocycles. The van der Waals surface area contributed by atoms with Crippen molar-refractivity contribution in [3.8, 4) is 5.69 Å². The number of carbonyl (C=O) groups excluding carboxylic acids is 2. The standard InChI is InChI=1S/C19H14N6O3/c26-18(13-3-1-4-16(11-13)25-12-20-23-24-25)21-14-6-8-15(9-7-14)22-19(27)17-5-2-10-28-17/h1-12H,(H,21,26)(H,22,27). The number of nitrogens with zero attached hydrogens (tertiary/aromatic N) is 4. The summed E-state index contributed by atoms with van der Waals surface area (Å²) >= 11 is 0. The van der Waals surface area contributed by atoms with Crippen LogP contribution in [0, 0.1) is 0 Å². The summed E-state index contributed by atoms with van der Waals surface area (Å²) in [6.07, 6.45) is 2.88. The number of hydrogen-bond acceptors (Lipinski definition) is 6. The van der Waals surface area contributed by atoms with Gasteiger partial charge in [-0.25, -0.2) is 4.68 Å². The Bertz CT molecular complexity index is 1090. The van der Waals surface area contributed by atoms with E-state index in [1.807, 2.05) is 0 Å². The van der Waals surface area contributed by atoms with Crippen LogP contribution < -0.4 is 10.6 Å². The van der Waals surface area contributed by atoms with Crippen molar-refractivity contribution in [1.82, 2.24) is 20.2 Å². The average molecular weight is 374 g/mol. The van der Waals surface area contributed by atoms with E-state index in [0.29, 0.717) is 22.6 Å². The molecule has 0 fully saturated rings. The van der Waals surface area contributed by atoms with E-state index in [0.717, 1.165) is 0 Å². The number of aromatic nitrogens is 4. The number of anilines is 2. The topological polar surface area (TPSA) is 115 Å². The molecule has 0 unspecified atom stereocenters. The van der Waals surface area contributed by atoms with E-state index < -0.39 is 0 Å². The molecular formula is C19H14N6O3. The molecule has 0 radical (unpaired) electrons. The molecule has 0 spiro atoms. The Labute approximate surface area is 159 Å². The lowest BCUT2D eigenvalue weighted by Crippen LogP contribution is -2.13. The van der Waals surface area contributed by atoms with Crippen LogP contribution in [0.2, 0.25) is 0 Å². The highest BCUT2D eigenvalue weighted by Gasteiger charge is 2.10. The first kappa shape index (κ1) is 17.2. The van der Waals surface area contributed by atoms with E-state index in [4.69, 9.17) is 4.42 Å². The summed E-state index contributed by atoms with van der Waals surface area (Å²) in [6, 6.07) is 16.9. The molecule has 28 heavy (non-hydrogen) atoms. The summed E-state index contributed by atoms with van der Waals surface area (Å²) in [4.78, 5) is 24.5. The minimum absolute atomic E-state index is 0.222. The van der Waals surface area contributed by atoms with Gasteiger partial charge in [0.1, 0.15) is 6.33 Å². The Morgan fingerprint density at radius 2 is 1.64 bits per heavy atom. The first-order valence-electron chi connectivity index (χ1n) is 8.29. The van der Waals surface area contributed by atoms with E-state index in [1.54, 1.807) is 60.7 Å². The summed E-state index contributed by atoms with van der Waals surface area (Å²) in [6.45, 7) is 0. The van der Waals surface area contributed by atoms with E-state index >= 15 is 0 Å². The van der Waals surface area contributed by atoms with Crippen molar-refractivity contribution < 1.29 is 14.0 Å². The van der Waals surface area contributed by atoms with Crippen molar-refractivity contribution >= 4 is 23.2 Å². The molecule has 0 saturated carbocycles. The highest BCUT2D eigenvalue weighted by atomic mass is 16.3. The van der Waals surface area contributed by atoms with Gasteiger partial charge in [-0.15, -0.1) is 5.10 Å². The molecule has 4 rings (SSSR count). The van der Waals surface area contributed by atoms with Crippen LogP contribution in [-0.2, 0) is 0 Å². The molecule has 2 heterocycles. The Balaban J connectivity index is 1.42. The largest absolute Gasteiger partial charge is 0.459 e. The lowest BCUT2D eigenvalue weighted by atomic mass is 10.2. The smallest absolute Gasteiger partial charge is 0.291 e. The third-order valence-corrected chi connectivity index (χ3v) is 3.87. The van der Waals surface area contributed by atoms with Gasteiger partial charge >= 0.3 is 0 Å². The van der Waals surface area contributed by atoms with Crippen molar-refractivity contribution in [3.05, 3.63) is 84.6 Å². The number of amides is 2. The fourth-order valence-corrected chi connectivity index (χ4v) is 2.51. The molecular weight excluding hydrogens is 360 g/mol. The van der Waals surface area contributed by atoms with Crippen LogP contribution in [0.3, 0.4) is 0 Å². The maximum absolute atomic E-state index is 12.5. The first-order valence-corrected chi connectivity index (χ1v) is 8.29. The highest BCUT2D eigenvalue weighted by Crippen LogP contribution is 2.17. The Kier molecular flexibility index (Phi) is 4.62. The summed E-state index contributed by atoms with van der Waals surface area (Å²) in [7, 11) is 0. The molecule has 0 atom stereocenters. The number of rotatable bonds is 5. The third-order valence-electron chi connectivity index (χ3n) is 3.87. The third kappa shape index (κ3) is 3.78. The molecule has 0 aliphatic heterocycles. The molecule has 0 bridgehead atoms. The van der Waals surface area contributed by atoms with Crippen LogP contribution in [0.5, 0.6) is 0 Å². The van der Waals surface area contributed by atoms with Crippen LogP contribution in [0.1, 0.15) is 20.9 Å². The lowest BCUT2D eigenvalue weighted by molar-refractivity contribution is 0.0994. The molecule has 2 aromatic carbocycles. The second-order valence-electron chi connectivity index (χ2n) is 5.77. The molecule has 2 aromatic heterocycles. The fourth-order valence-electron chi connectivity index (χ4n) is 2.51. The number of benzene rings is 2. The van der Waals surface area contributed by atoms with Crippen molar-refractivity contribution in [2.75, 3.05) is 10.6 Å². The zero-order valence-corrected chi connectivity index (χ0v) is 14.4. The van der Waals surface area contributed by atoms with E-state index in [1.165, 1.54) is 17.3 Å². The van der Waals surface area contributed by atoms with Crippen LogP contribution in [0.15, 0.2) is 77.7 Å². The molecule has 138 valence electrons. The van der Waals surface area contributed by atoms with Crippen molar-refractivity contribution in [1.29, 1.82) is 0 Å². The van der Waals surface area contributed by atoms with Gasteiger partial charge in [0.25, 0.3) is 11.8 Å². The van der Waals surface area contributed by atoms with Gasteiger partial charge in [0.2, 0.25) is 0 Å². The zero-order valence-electron chi connectivity index (χ0n) is 14.4. The normalized spacial score (nSPS) is 10.4. The Morgan fingerprint density at radius 3 is 2.29 bits per heavy atom. The number of furan rings is 1.